The third-order valence-corrected chi connectivity index (χ3v) is 4.53. The van der Waals surface area contributed by atoms with Gasteiger partial charge in [0, 0.05) is 6.07 Å². The van der Waals surface area contributed by atoms with Crippen LogP contribution >= 0.6 is 0 Å². The lowest BCUT2D eigenvalue weighted by atomic mass is 9.94. The molecule has 110 valence electrons. The molecule has 3 unspecified atom stereocenters. The molecule has 1 saturated heterocycles. The quantitative estimate of drug-likeness (QED) is 0.917. The van der Waals surface area contributed by atoms with E-state index in [0.29, 0.717) is 29.2 Å². The second kappa shape index (κ2) is 5.07. The van der Waals surface area contributed by atoms with Crippen molar-refractivity contribution in [3.8, 4) is 17.4 Å². The normalized spacial score (nSPS) is 27.8. The molecular weight excluding hydrogens is 270 g/mol. The molecule has 4 rings (SSSR count). The first kappa shape index (κ1) is 12.7. The molecule has 2 aromatic heterocycles. The van der Waals surface area contributed by atoms with E-state index in [-0.39, 0.29) is 6.04 Å². The fraction of sp³-hybridized carbons (Fsp3) is 0.571. The molecule has 1 aliphatic carbocycles. The number of methoxy groups -OCH3 is 1. The lowest BCUT2D eigenvalue weighted by molar-refractivity contribution is 0.302. The van der Waals surface area contributed by atoms with Crippen molar-refractivity contribution in [1.29, 1.82) is 0 Å². The first-order valence-electron chi connectivity index (χ1n) is 7.30. The number of ether oxygens (including phenoxy) is 1. The third-order valence-electron chi connectivity index (χ3n) is 4.53. The van der Waals surface area contributed by atoms with E-state index in [2.05, 4.69) is 25.7 Å². The van der Waals surface area contributed by atoms with Crippen molar-refractivity contribution in [3.63, 3.8) is 0 Å². The molecule has 1 saturated carbocycles. The van der Waals surface area contributed by atoms with Crippen LogP contribution in [0.3, 0.4) is 0 Å². The summed E-state index contributed by atoms with van der Waals surface area (Å²) in [6.07, 6.45) is 3.85. The Kier molecular flexibility index (Phi) is 3.07. The fourth-order valence-electron chi connectivity index (χ4n) is 3.47. The Morgan fingerprint density at radius 3 is 3.05 bits per heavy atom. The summed E-state index contributed by atoms with van der Waals surface area (Å²) in [6.45, 7) is 1.05. The topological polar surface area (TPSA) is 86.0 Å². The van der Waals surface area contributed by atoms with Gasteiger partial charge in [0.2, 0.25) is 17.6 Å². The van der Waals surface area contributed by atoms with E-state index >= 15 is 0 Å². The van der Waals surface area contributed by atoms with E-state index in [9.17, 15) is 0 Å². The number of hydrogen-bond acceptors (Lipinski definition) is 7. The van der Waals surface area contributed by atoms with Crippen molar-refractivity contribution in [2.45, 2.75) is 25.3 Å². The Morgan fingerprint density at radius 2 is 2.24 bits per heavy atom. The molecule has 7 heteroatoms. The van der Waals surface area contributed by atoms with Gasteiger partial charge in [-0.25, -0.2) is 0 Å². The van der Waals surface area contributed by atoms with E-state index in [0.717, 1.165) is 12.5 Å². The smallest absolute Gasteiger partial charge is 0.244 e. The minimum Gasteiger partial charge on any atom is -0.480 e. The molecular formula is C14H17N5O2. The van der Waals surface area contributed by atoms with Crippen LogP contribution in [0.25, 0.3) is 11.5 Å². The van der Waals surface area contributed by atoms with Gasteiger partial charge in [-0.05, 0) is 37.3 Å². The maximum Gasteiger partial charge on any atom is 0.244 e. The van der Waals surface area contributed by atoms with Gasteiger partial charge in [0.05, 0.1) is 13.2 Å². The Labute approximate surface area is 122 Å². The highest BCUT2D eigenvalue weighted by molar-refractivity contribution is 5.47. The summed E-state index contributed by atoms with van der Waals surface area (Å²) in [5.41, 5.74) is 0.590. The van der Waals surface area contributed by atoms with E-state index < -0.39 is 0 Å². The van der Waals surface area contributed by atoms with Crippen LogP contribution in [0.4, 0.5) is 0 Å². The molecule has 1 aliphatic heterocycles. The summed E-state index contributed by atoms with van der Waals surface area (Å²) in [6, 6.07) is 3.70. The van der Waals surface area contributed by atoms with Crippen LogP contribution in [0.15, 0.2) is 16.7 Å². The van der Waals surface area contributed by atoms with Gasteiger partial charge in [-0.3, -0.25) is 0 Å². The van der Waals surface area contributed by atoms with Crippen molar-refractivity contribution in [2.24, 2.45) is 11.8 Å². The second-order valence-corrected chi connectivity index (χ2v) is 5.66. The van der Waals surface area contributed by atoms with E-state index in [1.165, 1.54) is 19.3 Å². The molecule has 3 atom stereocenters. The average Bonchev–Trinajstić information content (AvgIpc) is 3.23. The molecule has 21 heavy (non-hydrogen) atoms. The van der Waals surface area contributed by atoms with Crippen LogP contribution in [0.5, 0.6) is 5.88 Å². The molecule has 0 spiro atoms. The molecule has 2 fully saturated rings. The lowest BCUT2D eigenvalue weighted by Crippen LogP contribution is -2.18. The Hall–Kier alpha value is -2.02. The molecule has 2 aliphatic rings. The van der Waals surface area contributed by atoms with Crippen LogP contribution in [0.1, 0.15) is 31.2 Å². The first-order chi connectivity index (χ1) is 10.3. The summed E-state index contributed by atoms with van der Waals surface area (Å²) in [7, 11) is 1.56. The van der Waals surface area contributed by atoms with Gasteiger partial charge in [0.25, 0.3) is 0 Å². The lowest BCUT2D eigenvalue weighted by Gasteiger charge is -2.13. The number of nitrogens with one attached hydrogen (secondary N) is 1. The van der Waals surface area contributed by atoms with E-state index in [4.69, 9.17) is 9.26 Å². The summed E-state index contributed by atoms with van der Waals surface area (Å²) in [5.74, 6) is 2.99. The first-order valence-corrected chi connectivity index (χ1v) is 7.30. The van der Waals surface area contributed by atoms with Crippen LogP contribution < -0.4 is 10.1 Å². The summed E-state index contributed by atoms with van der Waals surface area (Å²) < 4.78 is 10.4. The van der Waals surface area contributed by atoms with Gasteiger partial charge in [-0.1, -0.05) is 11.6 Å². The van der Waals surface area contributed by atoms with Crippen LogP contribution in [-0.4, -0.2) is 34.0 Å². The second-order valence-electron chi connectivity index (χ2n) is 5.66. The molecule has 0 amide bonds. The maximum atomic E-state index is 5.45. The van der Waals surface area contributed by atoms with E-state index in [1.54, 1.807) is 19.2 Å². The standard InChI is InChI=1S/C14H17N5O2/c1-20-11-6-5-10(17-18-11)13-16-14(21-19-13)12-9-4-2-3-8(9)7-15-12/h5-6,8-9,12,15H,2-4,7H2,1H3. The number of rotatable bonds is 3. The zero-order chi connectivity index (χ0) is 14.2. The van der Waals surface area contributed by atoms with Crippen molar-refractivity contribution in [3.05, 3.63) is 18.0 Å². The average molecular weight is 287 g/mol. The van der Waals surface area contributed by atoms with Crippen molar-refractivity contribution >= 4 is 0 Å². The van der Waals surface area contributed by atoms with Gasteiger partial charge in [0.1, 0.15) is 5.69 Å². The monoisotopic (exact) mass is 287 g/mol. The molecule has 0 bridgehead atoms. The fourth-order valence-corrected chi connectivity index (χ4v) is 3.47. The zero-order valence-corrected chi connectivity index (χ0v) is 11.8. The largest absolute Gasteiger partial charge is 0.480 e. The number of fused-ring (bicyclic) bond motifs is 1. The summed E-state index contributed by atoms with van der Waals surface area (Å²) in [4.78, 5) is 4.49. The van der Waals surface area contributed by atoms with Crippen molar-refractivity contribution < 1.29 is 9.26 Å². The predicted molar refractivity (Wildman–Crippen MR) is 73.5 cm³/mol. The van der Waals surface area contributed by atoms with Gasteiger partial charge >= 0.3 is 0 Å². The third kappa shape index (κ3) is 2.17. The minimum absolute atomic E-state index is 0.185. The van der Waals surface area contributed by atoms with Crippen molar-refractivity contribution in [1.82, 2.24) is 25.7 Å². The predicted octanol–water partition coefficient (Wildman–Crippen LogP) is 1.60. The van der Waals surface area contributed by atoms with Crippen molar-refractivity contribution in [2.75, 3.05) is 13.7 Å². The molecule has 1 N–H and O–H groups in total. The zero-order valence-electron chi connectivity index (χ0n) is 11.8. The summed E-state index contributed by atoms with van der Waals surface area (Å²) in [5, 5.41) is 15.5. The molecule has 0 radical (unpaired) electrons. The van der Waals surface area contributed by atoms with Gasteiger partial charge in [-0.2, -0.15) is 4.98 Å². The van der Waals surface area contributed by atoms with Crippen LogP contribution in [0, 0.1) is 11.8 Å². The summed E-state index contributed by atoms with van der Waals surface area (Å²) >= 11 is 0. The van der Waals surface area contributed by atoms with Gasteiger partial charge in [-0.15, -0.1) is 10.2 Å². The number of hydrogen-bond donors (Lipinski definition) is 1. The molecule has 0 aromatic carbocycles. The van der Waals surface area contributed by atoms with Crippen LogP contribution in [0.2, 0.25) is 0 Å². The maximum absolute atomic E-state index is 5.45. The molecule has 3 heterocycles. The SMILES string of the molecule is COc1ccc(-c2noc(C3NCC4CCCC43)n2)nn1. The Balaban J connectivity index is 1.57. The number of aromatic nitrogens is 4. The Morgan fingerprint density at radius 1 is 1.29 bits per heavy atom. The molecule has 2 aromatic rings. The van der Waals surface area contributed by atoms with Crippen LogP contribution in [-0.2, 0) is 0 Å². The van der Waals surface area contributed by atoms with E-state index in [1.807, 2.05) is 0 Å². The number of nitrogens with zero attached hydrogens (tertiary/aromatic N) is 4. The highest BCUT2D eigenvalue weighted by Gasteiger charge is 2.42. The minimum atomic E-state index is 0.185. The highest BCUT2D eigenvalue weighted by Crippen LogP contribution is 2.43. The van der Waals surface area contributed by atoms with Gasteiger partial charge in [0.15, 0.2) is 0 Å². The van der Waals surface area contributed by atoms with Gasteiger partial charge < -0.3 is 14.6 Å². The molecule has 7 nitrogen and oxygen atoms in total. The Bertz CT molecular complexity index is 627. The highest BCUT2D eigenvalue weighted by atomic mass is 16.5.